The lowest BCUT2D eigenvalue weighted by atomic mass is 9.96. The molecule has 5 N–H and O–H groups in total. The minimum atomic E-state index is -1.75. The predicted octanol–water partition coefficient (Wildman–Crippen LogP) is 20.4. The molecule has 1 aliphatic rings. The monoisotopic (exact) mass is 1470 g/mol. The summed E-state index contributed by atoms with van der Waals surface area (Å²) in [7, 11) is 0. The van der Waals surface area contributed by atoms with Crippen molar-refractivity contribution in [3.63, 3.8) is 0 Å². The van der Waals surface area contributed by atoms with Crippen LogP contribution < -0.4 is 10.6 Å². The summed E-state index contributed by atoms with van der Waals surface area (Å²) in [6.07, 6.45) is 44.0. The van der Waals surface area contributed by atoms with Crippen LogP contribution in [0.25, 0.3) is 0 Å². The fourth-order valence-corrected chi connectivity index (χ4v) is 13.9. The van der Waals surface area contributed by atoms with Crippen molar-refractivity contribution in [2.45, 2.75) is 456 Å². The van der Waals surface area contributed by atoms with E-state index in [4.69, 9.17) is 33.5 Å². The molecule has 18 heteroatoms. The molecular weight excluding hydrogens is 1320 g/mol. The van der Waals surface area contributed by atoms with E-state index in [0.29, 0.717) is 44.9 Å². The number of hydrogen-bond acceptors (Lipinski definition) is 15. The van der Waals surface area contributed by atoms with Gasteiger partial charge in [-0.2, -0.15) is 0 Å². The summed E-state index contributed by atoms with van der Waals surface area (Å²) in [6, 6.07) is 7.29. The number of aliphatic hydroxyl groups excluding tert-OH is 2. The quantitative estimate of drug-likeness (QED) is 0.0134. The Bertz CT molecular complexity index is 2210. The first kappa shape index (κ1) is 95.9. The van der Waals surface area contributed by atoms with Gasteiger partial charge in [-0.25, -0.2) is 14.6 Å². The van der Waals surface area contributed by atoms with Crippen molar-refractivity contribution >= 4 is 35.7 Å². The number of aliphatic hydroxyl groups is 2. The molecule has 0 aromatic heterocycles. The lowest BCUT2D eigenvalue weighted by Crippen LogP contribution is -2.66. The van der Waals surface area contributed by atoms with Gasteiger partial charge >= 0.3 is 23.9 Å². The Morgan fingerprint density at radius 3 is 1.30 bits per heavy atom. The number of aliphatic carboxylic acids is 1. The average molecular weight is 1470 g/mol. The van der Waals surface area contributed by atoms with Crippen molar-refractivity contribution in [2.75, 3.05) is 19.8 Å². The van der Waals surface area contributed by atoms with Gasteiger partial charge in [0.15, 0.2) is 24.5 Å². The van der Waals surface area contributed by atoms with E-state index in [1.807, 2.05) is 6.07 Å². The number of amides is 2. The largest absolute Gasteiger partial charge is 0.480 e. The highest BCUT2D eigenvalue weighted by atomic mass is 17.2. The molecule has 1 aromatic rings. The average Bonchev–Trinajstić information content (AvgIpc) is 0.792. The second-order valence-corrected chi connectivity index (χ2v) is 30.2. The van der Waals surface area contributed by atoms with Gasteiger partial charge in [-0.05, 0) is 69.8 Å². The molecule has 1 aromatic carbocycles. The van der Waals surface area contributed by atoms with E-state index in [1.165, 1.54) is 108 Å². The lowest BCUT2D eigenvalue weighted by Gasteiger charge is -2.44. The van der Waals surface area contributed by atoms with Crippen LogP contribution in [-0.2, 0) is 68.6 Å². The Balaban J connectivity index is 2.47. The van der Waals surface area contributed by atoms with Gasteiger partial charge in [-0.1, -0.05) is 341 Å². The maximum Gasteiger partial charge on any atom is 0.328 e. The maximum atomic E-state index is 14.7. The summed E-state index contributed by atoms with van der Waals surface area (Å²) >= 11 is 0. The van der Waals surface area contributed by atoms with E-state index in [9.17, 15) is 44.1 Å². The molecule has 2 rings (SSSR count). The normalized spacial score (nSPS) is 17.1. The van der Waals surface area contributed by atoms with Crippen molar-refractivity contribution in [1.29, 1.82) is 0 Å². The summed E-state index contributed by atoms with van der Waals surface area (Å²) in [5.41, 5.74) is 1.36. The Morgan fingerprint density at radius 1 is 0.471 bits per heavy atom. The standard InChI is InChI=1S/C86H154N2O16/c1-6-11-16-21-26-29-32-39-44-54-63-75(104-99-66-57-47-40-33-36-41-49-58-71-59-50-48-51-60-71)84(95)87-74(85(96)97)70-98-86-81(88-77(90)67-72(61-52-42-37-30-27-22-17-12-7-2)100-78(91)64-55-45-34-24-19-14-9-4)83(82(94)76(69-89)102-86)103-80(93)68-73(62-53-43-38-31-28-23-18-13-8-3)101-79(92)65-56-46-35-25-20-15-10-5/h48,50-51,59-60,72-76,81-83,86,89,94H,6-47,49,52-58,61-70H2,1-5H3,(H,87,95)(H,88,90)(H,96,97)/t72-,73-,74-,75?,76?,81?,82?,83?,86?/m1/s1. The molecule has 2 amide bonds. The molecule has 104 heavy (non-hydrogen) atoms. The van der Waals surface area contributed by atoms with Crippen LogP contribution in [0.4, 0.5) is 0 Å². The molecule has 604 valence electrons. The van der Waals surface area contributed by atoms with Crippen LogP contribution in [0.2, 0.25) is 0 Å². The third-order valence-corrected chi connectivity index (χ3v) is 20.5. The van der Waals surface area contributed by atoms with Crippen molar-refractivity contribution in [3.8, 4) is 0 Å². The number of unbranched alkanes of at least 4 members (excludes halogenated alkanes) is 43. The number of nitrogens with one attached hydrogen (secondary N) is 2. The number of ether oxygens (including phenoxy) is 5. The molecule has 0 aliphatic carbocycles. The fourth-order valence-electron chi connectivity index (χ4n) is 13.9. The molecule has 1 saturated heterocycles. The van der Waals surface area contributed by atoms with Gasteiger partial charge in [0, 0.05) is 12.8 Å². The highest BCUT2D eigenvalue weighted by molar-refractivity contribution is 5.86. The van der Waals surface area contributed by atoms with Crippen LogP contribution in [0, 0.1) is 0 Å². The summed E-state index contributed by atoms with van der Waals surface area (Å²) in [5, 5.41) is 39.1. The highest BCUT2D eigenvalue weighted by Gasteiger charge is 2.49. The number of rotatable bonds is 74. The van der Waals surface area contributed by atoms with Gasteiger partial charge < -0.3 is 49.6 Å². The predicted molar refractivity (Wildman–Crippen MR) is 417 cm³/mol. The first-order chi connectivity index (χ1) is 50.8. The van der Waals surface area contributed by atoms with E-state index in [1.54, 1.807) is 0 Å². The molecule has 0 bridgehead atoms. The number of carboxylic acids is 1. The molecule has 0 radical (unpaired) electrons. The summed E-state index contributed by atoms with van der Waals surface area (Å²) in [6.45, 7) is 9.69. The Labute approximate surface area is 632 Å². The fraction of sp³-hybridized carbons (Fsp3) is 0.860. The van der Waals surface area contributed by atoms with Crippen molar-refractivity contribution in [1.82, 2.24) is 10.6 Å². The van der Waals surface area contributed by atoms with E-state index in [-0.39, 0.29) is 38.7 Å². The van der Waals surface area contributed by atoms with E-state index >= 15 is 0 Å². The van der Waals surface area contributed by atoms with Crippen LogP contribution in [0.3, 0.4) is 0 Å². The Morgan fingerprint density at radius 2 is 0.865 bits per heavy atom. The molecule has 0 saturated carbocycles. The van der Waals surface area contributed by atoms with Crippen LogP contribution in [0.15, 0.2) is 30.3 Å². The molecule has 1 aliphatic heterocycles. The zero-order chi connectivity index (χ0) is 75.6. The van der Waals surface area contributed by atoms with Gasteiger partial charge in [-0.3, -0.25) is 24.0 Å². The molecule has 6 unspecified atom stereocenters. The topological polar surface area (TPSA) is 252 Å². The first-order valence-electron chi connectivity index (χ1n) is 43.1. The van der Waals surface area contributed by atoms with Crippen LogP contribution in [-0.4, -0.2) is 126 Å². The van der Waals surface area contributed by atoms with Crippen LogP contribution in [0.5, 0.6) is 0 Å². The number of aryl methyl sites for hydroxylation is 1. The minimum absolute atomic E-state index is 0.200. The van der Waals surface area contributed by atoms with Crippen molar-refractivity contribution in [3.05, 3.63) is 35.9 Å². The summed E-state index contributed by atoms with van der Waals surface area (Å²) in [5.74, 6) is -4.50. The van der Waals surface area contributed by atoms with E-state index < -0.39 is 104 Å². The van der Waals surface area contributed by atoms with Gasteiger partial charge in [0.2, 0.25) is 5.91 Å². The van der Waals surface area contributed by atoms with Gasteiger partial charge in [0.05, 0.1) is 32.7 Å². The number of hydrogen-bond donors (Lipinski definition) is 5. The van der Waals surface area contributed by atoms with E-state index in [0.717, 1.165) is 186 Å². The van der Waals surface area contributed by atoms with Gasteiger partial charge in [0.1, 0.15) is 30.5 Å². The SMILES string of the molecule is CCCCCCCCCCCCC(OOCCCCCCCCCc1ccccc1)C(=O)N[C@H](COC1OC(CO)C(O)C(OC(=O)C[C@@H](CCCCCCCCCCC)OC(=O)CCCCCCCCC)C1NC(=O)C[C@@H](CCCCCCCCCCC)OC(=O)CCCCCCCCC)C(=O)O. The maximum absolute atomic E-state index is 14.7. The minimum Gasteiger partial charge on any atom is -0.480 e. The smallest absolute Gasteiger partial charge is 0.328 e. The Hall–Kier alpha value is -4.20. The van der Waals surface area contributed by atoms with Crippen LogP contribution in [0.1, 0.15) is 400 Å². The van der Waals surface area contributed by atoms with Gasteiger partial charge in [-0.15, -0.1) is 0 Å². The molecule has 1 heterocycles. The summed E-state index contributed by atoms with van der Waals surface area (Å²) < 4.78 is 30.8. The van der Waals surface area contributed by atoms with Crippen molar-refractivity contribution < 1.29 is 77.5 Å². The number of carboxylic acid groups (broad SMARTS) is 1. The third kappa shape index (κ3) is 52.0. The number of carbonyl (C=O) groups excluding carboxylic acids is 5. The molecular formula is C86H154N2O16. The zero-order valence-corrected chi connectivity index (χ0v) is 66.7. The van der Waals surface area contributed by atoms with E-state index in [2.05, 4.69) is 69.5 Å². The van der Waals surface area contributed by atoms with Gasteiger partial charge in [0.25, 0.3) is 5.91 Å². The zero-order valence-electron chi connectivity index (χ0n) is 66.7. The van der Waals surface area contributed by atoms with Crippen molar-refractivity contribution in [2.24, 2.45) is 0 Å². The molecule has 0 spiro atoms. The molecule has 18 nitrogen and oxygen atoms in total. The number of esters is 3. The first-order valence-corrected chi connectivity index (χ1v) is 43.1. The molecule has 1 fully saturated rings. The number of benzene rings is 1. The Kier molecular flexibility index (Phi) is 62.8. The summed E-state index contributed by atoms with van der Waals surface area (Å²) in [4.78, 5) is 95.4. The second kappa shape index (κ2) is 68.1. The highest BCUT2D eigenvalue weighted by Crippen LogP contribution is 2.28. The number of carbonyl (C=O) groups is 6. The second-order valence-electron chi connectivity index (χ2n) is 30.2. The molecule has 9 atom stereocenters. The lowest BCUT2D eigenvalue weighted by molar-refractivity contribution is -0.318. The van der Waals surface area contributed by atoms with Crippen LogP contribution >= 0.6 is 0 Å². The third-order valence-electron chi connectivity index (χ3n) is 20.5.